The van der Waals surface area contributed by atoms with Crippen LogP contribution >= 0.6 is 0 Å². The van der Waals surface area contributed by atoms with Crippen molar-refractivity contribution in [2.45, 2.75) is 47.5 Å². The Kier molecular flexibility index (Phi) is 6.79. The van der Waals surface area contributed by atoms with Gasteiger partial charge in [-0.25, -0.2) is 0 Å². The summed E-state index contributed by atoms with van der Waals surface area (Å²) in [6, 6.07) is 2.13. The number of hydrogen-bond acceptors (Lipinski definition) is 1. The molecule has 84 valence electrons. The highest BCUT2D eigenvalue weighted by Crippen LogP contribution is 2.19. The van der Waals surface area contributed by atoms with Gasteiger partial charge in [0.25, 0.3) is 0 Å². The van der Waals surface area contributed by atoms with Gasteiger partial charge in [-0.15, -0.1) is 0 Å². The third-order valence-corrected chi connectivity index (χ3v) is 2.73. The molecule has 1 atom stereocenters. The molecule has 0 aromatic heterocycles. The van der Waals surface area contributed by atoms with Gasteiger partial charge in [0, 0.05) is 5.57 Å². The van der Waals surface area contributed by atoms with Gasteiger partial charge < -0.3 is 0 Å². The van der Waals surface area contributed by atoms with Crippen LogP contribution in [0.25, 0.3) is 0 Å². The SMILES string of the molecule is C/C(C#N)=C\C=C(/C)C(C)CCC(C)C. The van der Waals surface area contributed by atoms with Crippen LogP contribution in [0, 0.1) is 23.2 Å². The standard InChI is InChI=1S/C14H23N/c1-11(2)6-8-13(4)14(5)9-7-12(3)10-15/h7,9,11,13H,6,8H2,1-5H3/b12-7+,14-9+. The van der Waals surface area contributed by atoms with Gasteiger partial charge in [-0.3, -0.25) is 0 Å². The zero-order valence-electron chi connectivity index (χ0n) is 10.7. The molecule has 0 saturated carbocycles. The number of rotatable bonds is 5. The van der Waals surface area contributed by atoms with Crippen molar-refractivity contribution in [1.82, 2.24) is 0 Å². The van der Waals surface area contributed by atoms with E-state index in [1.165, 1.54) is 18.4 Å². The molecule has 0 radical (unpaired) electrons. The summed E-state index contributed by atoms with van der Waals surface area (Å²) in [6.45, 7) is 10.7. The normalized spacial score (nSPS) is 15.3. The predicted molar refractivity (Wildman–Crippen MR) is 66.4 cm³/mol. The number of hydrogen-bond donors (Lipinski definition) is 0. The average molecular weight is 205 g/mol. The summed E-state index contributed by atoms with van der Waals surface area (Å²) in [5.41, 5.74) is 2.13. The Hall–Kier alpha value is -1.03. The van der Waals surface area contributed by atoms with Gasteiger partial charge in [-0.05, 0) is 38.2 Å². The molecule has 0 aliphatic heterocycles. The van der Waals surface area contributed by atoms with Crippen molar-refractivity contribution in [1.29, 1.82) is 5.26 Å². The Morgan fingerprint density at radius 1 is 1.13 bits per heavy atom. The maximum atomic E-state index is 8.61. The fraction of sp³-hybridized carbons (Fsp3) is 0.643. The first-order valence-electron chi connectivity index (χ1n) is 5.72. The Balaban J connectivity index is 4.20. The maximum absolute atomic E-state index is 8.61. The molecule has 0 spiro atoms. The molecule has 0 aromatic carbocycles. The van der Waals surface area contributed by atoms with Crippen LogP contribution in [-0.2, 0) is 0 Å². The van der Waals surface area contributed by atoms with Crippen molar-refractivity contribution < 1.29 is 0 Å². The quantitative estimate of drug-likeness (QED) is 0.479. The van der Waals surface area contributed by atoms with Crippen LogP contribution in [-0.4, -0.2) is 0 Å². The molecule has 0 fully saturated rings. The third kappa shape index (κ3) is 6.96. The zero-order chi connectivity index (χ0) is 11.8. The molecule has 1 unspecified atom stereocenters. The van der Waals surface area contributed by atoms with E-state index in [2.05, 4.69) is 39.8 Å². The molecular formula is C14H23N. The second kappa shape index (κ2) is 7.29. The molecule has 15 heavy (non-hydrogen) atoms. The van der Waals surface area contributed by atoms with E-state index >= 15 is 0 Å². The highest BCUT2D eigenvalue weighted by Gasteiger charge is 2.04. The van der Waals surface area contributed by atoms with Gasteiger partial charge in [0.1, 0.15) is 0 Å². The summed E-state index contributed by atoms with van der Waals surface area (Å²) >= 11 is 0. The van der Waals surface area contributed by atoms with Crippen LogP contribution in [0.2, 0.25) is 0 Å². The topological polar surface area (TPSA) is 23.8 Å². The largest absolute Gasteiger partial charge is 0.193 e. The van der Waals surface area contributed by atoms with E-state index in [-0.39, 0.29) is 0 Å². The van der Waals surface area contributed by atoms with Crippen LogP contribution in [0.4, 0.5) is 0 Å². The molecule has 0 heterocycles. The summed E-state index contributed by atoms with van der Waals surface area (Å²) in [5.74, 6) is 1.40. The zero-order valence-corrected chi connectivity index (χ0v) is 10.7. The predicted octanol–water partition coefficient (Wildman–Crippen LogP) is 4.47. The van der Waals surface area contributed by atoms with Crippen LogP contribution in [0.15, 0.2) is 23.3 Å². The van der Waals surface area contributed by atoms with Crippen molar-refractivity contribution in [2.24, 2.45) is 11.8 Å². The summed E-state index contributed by atoms with van der Waals surface area (Å²) in [5, 5.41) is 8.61. The Morgan fingerprint density at radius 3 is 2.20 bits per heavy atom. The van der Waals surface area contributed by atoms with E-state index in [9.17, 15) is 0 Å². The number of allylic oxidation sites excluding steroid dienone is 4. The van der Waals surface area contributed by atoms with Crippen LogP contribution < -0.4 is 0 Å². The van der Waals surface area contributed by atoms with E-state index in [0.29, 0.717) is 5.92 Å². The van der Waals surface area contributed by atoms with E-state index in [4.69, 9.17) is 5.26 Å². The Bertz CT molecular complexity index is 276. The highest BCUT2D eigenvalue weighted by atomic mass is 14.2. The van der Waals surface area contributed by atoms with E-state index in [1.807, 2.05) is 13.0 Å². The fourth-order valence-corrected chi connectivity index (χ4v) is 1.27. The molecule has 1 heteroatoms. The summed E-state index contributed by atoms with van der Waals surface area (Å²) in [6.07, 6.45) is 6.48. The van der Waals surface area contributed by atoms with Gasteiger partial charge in [0.15, 0.2) is 0 Å². The van der Waals surface area contributed by atoms with Crippen LogP contribution in [0.1, 0.15) is 47.5 Å². The maximum Gasteiger partial charge on any atom is 0.0944 e. The summed E-state index contributed by atoms with van der Waals surface area (Å²) in [4.78, 5) is 0. The van der Waals surface area contributed by atoms with Gasteiger partial charge >= 0.3 is 0 Å². The fourth-order valence-electron chi connectivity index (χ4n) is 1.27. The van der Waals surface area contributed by atoms with Gasteiger partial charge in [0.05, 0.1) is 6.07 Å². The molecule has 0 rings (SSSR count). The third-order valence-electron chi connectivity index (χ3n) is 2.73. The molecule has 0 bridgehead atoms. The smallest absolute Gasteiger partial charge is 0.0944 e. The van der Waals surface area contributed by atoms with E-state index in [0.717, 1.165) is 11.5 Å². The first-order chi connectivity index (χ1) is 6.97. The van der Waals surface area contributed by atoms with Crippen molar-refractivity contribution >= 4 is 0 Å². The average Bonchev–Trinajstić information content (AvgIpc) is 2.21. The molecule has 0 amide bonds. The molecule has 0 aliphatic rings. The lowest BCUT2D eigenvalue weighted by Crippen LogP contribution is -1.99. The molecule has 0 saturated heterocycles. The second-order valence-electron chi connectivity index (χ2n) is 4.74. The lowest BCUT2D eigenvalue weighted by atomic mass is 9.93. The second-order valence-corrected chi connectivity index (χ2v) is 4.74. The molecule has 0 aliphatic carbocycles. The minimum Gasteiger partial charge on any atom is -0.193 e. The monoisotopic (exact) mass is 205 g/mol. The van der Waals surface area contributed by atoms with Crippen molar-refractivity contribution in [3.05, 3.63) is 23.3 Å². The van der Waals surface area contributed by atoms with Crippen LogP contribution in [0.3, 0.4) is 0 Å². The minimum atomic E-state index is 0.621. The summed E-state index contributed by atoms with van der Waals surface area (Å²) in [7, 11) is 0. The number of nitriles is 1. The van der Waals surface area contributed by atoms with Crippen LogP contribution in [0.5, 0.6) is 0 Å². The lowest BCUT2D eigenvalue weighted by molar-refractivity contribution is 0.489. The molecule has 0 aromatic rings. The Morgan fingerprint density at radius 2 is 1.73 bits per heavy atom. The molecular weight excluding hydrogens is 182 g/mol. The van der Waals surface area contributed by atoms with Crippen molar-refractivity contribution in [2.75, 3.05) is 0 Å². The Labute approximate surface area is 94.5 Å². The van der Waals surface area contributed by atoms with Crippen molar-refractivity contribution in [3.63, 3.8) is 0 Å². The van der Waals surface area contributed by atoms with E-state index < -0.39 is 0 Å². The highest BCUT2D eigenvalue weighted by molar-refractivity contribution is 5.25. The van der Waals surface area contributed by atoms with Gasteiger partial charge in [-0.1, -0.05) is 38.8 Å². The number of nitrogens with zero attached hydrogens (tertiary/aromatic N) is 1. The first kappa shape index (κ1) is 14.0. The molecule has 1 nitrogen and oxygen atoms in total. The van der Waals surface area contributed by atoms with Crippen molar-refractivity contribution in [3.8, 4) is 6.07 Å². The molecule has 0 N–H and O–H groups in total. The minimum absolute atomic E-state index is 0.621. The van der Waals surface area contributed by atoms with Gasteiger partial charge in [-0.2, -0.15) is 5.26 Å². The first-order valence-corrected chi connectivity index (χ1v) is 5.72. The van der Waals surface area contributed by atoms with Gasteiger partial charge in [0.2, 0.25) is 0 Å². The van der Waals surface area contributed by atoms with E-state index in [1.54, 1.807) is 0 Å². The lowest BCUT2D eigenvalue weighted by Gasteiger charge is -2.13. The summed E-state index contributed by atoms with van der Waals surface area (Å²) < 4.78 is 0.